The fourth-order valence-corrected chi connectivity index (χ4v) is 4.07. The van der Waals surface area contributed by atoms with E-state index in [-0.39, 0.29) is 53.8 Å². The first-order valence-corrected chi connectivity index (χ1v) is 12.5. The molecule has 0 saturated heterocycles. The standard InChI is InChI=1S/C28H29ClN2O7/c1-4-36-27(34)24-17(3)25(28(35)37-5-2)30-22(24)16-38-23(32)15-21(18-11-7-6-8-12-18)31-26(33)19-13-9-10-14-20(19)29/h6-14,21,30H,4-5,15-16H2,1-3H3,(H,31,33). The van der Waals surface area contributed by atoms with Crippen molar-refractivity contribution in [2.45, 2.75) is 39.8 Å². The number of halogens is 1. The quantitative estimate of drug-likeness (QED) is 0.261. The average Bonchev–Trinajstić information content (AvgIpc) is 3.24. The highest BCUT2D eigenvalue weighted by atomic mass is 35.5. The van der Waals surface area contributed by atoms with Gasteiger partial charge in [0.15, 0.2) is 0 Å². The number of benzene rings is 2. The van der Waals surface area contributed by atoms with Gasteiger partial charge < -0.3 is 24.5 Å². The number of carbonyl (C=O) groups is 4. The fourth-order valence-electron chi connectivity index (χ4n) is 3.85. The molecule has 1 atom stereocenters. The van der Waals surface area contributed by atoms with Crippen molar-refractivity contribution < 1.29 is 33.4 Å². The van der Waals surface area contributed by atoms with Crippen molar-refractivity contribution in [2.75, 3.05) is 13.2 Å². The molecule has 1 aromatic heterocycles. The number of esters is 3. The van der Waals surface area contributed by atoms with Crippen LogP contribution < -0.4 is 5.32 Å². The number of hydrogen-bond donors (Lipinski definition) is 2. The van der Waals surface area contributed by atoms with E-state index in [0.29, 0.717) is 11.1 Å². The molecule has 10 heteroatoms. The number of carbonyl (C=O) groups excluding carboxylic acids is 4. The summed E-state index contributed by atoms with van der Waals surface area (Å²) in [6, 6.07) is 14.8. The predicted octanol–water partition coefficient (Wildman–Crippen LogP) is 4.93. The lowest BCUT2D eigenvalue weighted by Crippen LogP contribution is -2.30. The van der Waals surface area contributed by atoms with E-state index in [0.717, 1.165) is 0 Å². The van der Waals surface area contributed by atoms with E-state index in [1.54, 1.807) is 69.3 Å². The molecule has 2 aromatic carbocycles. The van der Waals surface area contributed by atoms with E-state index in [1.807, 2.05) is 6.07 Å². The first-order chi connectivity index (χ1) is 18.3. The summed E-state index contributed by atoms with van der Waals surface area (Å²) in [5.74, 6) is -2.38. The minimum Gasteiger partial charge on any atom is -0.462 e. The zero-order valence-electron chi connectivity index (χ0n) is 21.3. The molecule has 0 spiro atoms. The topological polar surface area (TPSA) is 124 Å². The third-order valence-electron chi connectivity index (χ3n) is 5.66. The van der Waals surface area contributed by atoms with E-state index in [1.165, 1.54) is 0 Å². The molecule has 0 fully saturated rings. The zero-order chi connectivity index (χ0) is 27.7. The lowest BCUT2D eigenvalue weighted by molar-refractivity contribution is -0.145. The lowest BCUT2D eigenvalue weighted by atomic mass is 10.0. The molecule has 3 rings (SSSR count). The Balaban J connectivity index is 1.79. The predicted molar refractivity (Wildman–Crippen MR) is 140 cm³/mol. The number of rotatable bonds is 11. The van der Waals surface area contributed by atoms with Crippen LogP contribution in [0.2, 0.25) is 5.02 Å². The van der Waals surface area contributed by atoms with E-state index < -0.39 is 29.9 Å². The van der Waals surface area contributed by atoms with Crippen LogP contribution >= 0.6 is 11.6 Å². The van der Waals surface area contributed by atoms with E-state index >= 15 is 0 Å². The monoisotopic (exact) mass is 540 g/mol. The minimum absolute atomic E-state index is 0.0788. The first kappa shape index (κ1) is 28.5. The van der Waals surface area contributed by atoms with E-state index in [2.05, 4.69) is 10.3 Å². The second-order valence-electron chi connectivity index (χ2n) is 8.20. The van der Waals surface area contributed by atoms with Gasteiger partial charge in [-0.2, -0.15) is 0 Å². The highest BCUT2D eigenvalue weighted by Gasteiger charge is 2.27. The average molecular weight is 541 g/mol. The Bertz CT molecular complexity index is 1300. The highest BCUT2D eigenvalue weighted by Crippen LogP contribution is 2.24. The molecule has 1 amide bonds. The molecular weight excluding hydrogens is 512 g/mol. The lowest BCUT2D eigenvalue weighted by Gasteiger charge is -2.19. The molecule has 0 radical (unpaired) electrons. The van der Waals surface area contributed by atoms with Crippen molar-refractivity contribution in [3.8, 4) is 0 Å². The molecule has 0 aliphatic rings. The number of ether oxygens (including phenoxy) is 3. The van der Waals surface area contributed by atoms with Crippen LogP contribution in [0.4, 0.5) is 0 Å². The molecule has 2 N–H and O–H groups in total. The summed E-state index contributed by atoms with van der Waals surface area (Å²) < 4.78 is 15.6. The van der Waals surface area contributed by atoms with Gasteiger partial charge in [0.1, 0.15) is 12.3 Å². The van der Waals surface area contributed by atoms with Crippen LogP contribution in [0, 0.1) is 6.92 Å². The molecular formula is C28H29ClN2O7. The van der Waals surface area contributed by atoms with Crippen molar-refractivity contribution in [3.63, 3.8) is 0 Å². The second kappa shape index (κ2) is 13.4. The molecule has 0 bridgehead atoms. The second-order valence-corrected chi connectivity index (χ2v) is 8.61. The molecule has 3 aromatic rings. The maximum absolute atomic E-state index is 12.9. The number of aromatic nitrogens is 1. The summed E-state index contributed by atoms with van der Waals surface area (Å²) in [5, 5.41) is 3.12. The van der Waals surface area contributed by atoms with Crippen molar-refractivity contribution >= 4 is 35.4 Å². The molecule has 38 heavy (non-hydrogen) atoms. The summed E-state index contributed by atoms with van der Waals surface area (Å²) in [6.07, 6.45) is -0.195. The van der Waals surface area contributed by atoms with E-state index in [4.69, 9.17) is 25.8 Å². The Morgan fingerprint density at radius 1 is 0.895 bits per heavy atom. The summed E-state index contributed by atoms with van der Waals surface area (Å²) >= 11 is 6.16. The van der Waals surface area contributed by atoms with Crippen LogP contribution in [0.1, 0.15) is 74.3 Å². The Morgan fingerprint density at radius 2 is 1.53 bits per heavy atom. The molecule has 0 saturated carbocycles. The fraction of sp³-hybridized carbons (Fsp3) is 0.286. The SMILES string of the molecule is CCOC(=O)c1[nH]c(COC(=O)CC(NC(=O)c2ccccc2Cl)c2ccccc2)c(C(=O)OCC)c1C. The van der Waals surface area contributed by atoms with Crippen LogP contribution in [-0.2, 0) is 25.6 Å². The van der Waals surface area contributed by atoms with Crippen molar-refractivity contribution in [1.82, 2.24) is 10.3 Å². The summed E-state index contributed by atoms with van der Waals surface area (Å²) in [4.78, 5) is 53.5. The molecule has 0 aliphatic heterocycles. The Labute approximate surface area is 225 Å². The van der Waals surface area contributed by atoms with Gasteiger partial charge in [-0.15, -0.1) is 0 Å². The number of aromatic amines is 1. The third kappa shape index (κ3) is 7.01. The Hall–Kier alpha value is -4.11. The van der Waals surface area contributed by atoms with Crippen LogP contribution in [-0.4, -0.2) is 42.0 Å². The maximum atomic E-state index is 12.9. The van der Waals surface area contributed by atoms with Gasteiger partial charge in [-0.05, 0) is 44.0 Å². The Morgan fingerprint density at radius 3 is 2.18 bits per heavy atom. The molecule has 1 unspecified atom stereocenters. The van der Waals surface area contributed by atoms with Gasteiger partial charge in [0, 0.05) is 0 Å². The summed E-state index contributed by atoms with van der Waals surface area (Å²) in [6.45, 7) is 4.85. The summed E-state index contributed by atoms with van der Waals surface area (Å²) in [5.41, 5.74) is 1.69. The van der Waals surface area contributed by atoms with Gasteiger partial charge in [-0.1, -0.05) is 54.1 Å². The van der Waals surface area contributed by atoms with Crippen LogP contribution in [0.15, 0.2) is 54.6 Å². The number of hydrogen-bond acceptors (Lipinski definition) is 7. The van der Waals surface area contributed by atoms with Gasteiger partial charge >= 0.3 is 17.9 Å². The maximum Gasteiger partial charge on any atom is 0.355 e. The van der Waals surface area contributed by atoms with Gasteiger partial charge in [0.05, 0.1) is 47.5 Å². The molecule has 200 valence electrons. The highest BCUT2D eigenvalue weighted by molar-refractivity contribution is 6.33. The Kier molecular flexibility index (Phi) is 10.1. The molecule has 9 nitrogen and oxygen atoms in total. The molecule has 0 aliphatic carbocycles. The third-order valence-corrected chi connectivity index (χ3v) is 5.99. The van der Waals surface area contributed by atoms with Crippen molar-refractivity contribution in [1.29, 1.82) is 0 Å². The number of amides is 1. The van der Waals surface area contributed by atoms with Crippen molar-refractivity contribution in [2.24, 2.45) is 0 Å². The van der Waals surface area contributed by atoms with Crippen LogP contribution in [0.25, 0.3) is 0 Å². The van der Waals surface area contributed by atoms with Gasteiger partial charge in [-0.3, -0.25) is 9.59 Å². The normalized spacial score (nSPS) is 11.4. The first-order valence-electron chi connectivity index (χ1n) is 12.1. The number of H-pyrrole nitrogens is 1. The van der Waals surface area contributed by atoms with Gasteiger partial charge in [0.25, 0.3) is 5.91 Å². The van der Waals surface area contributed by atoms with E-state index in [9.17, 15) is 19.2 Å². The van der Waals surface area contributed by atoms with Gasteiger partial charge in [-0.25, -0.2) is 9.59 Å². The van der Waals surface area contributed by atoms with Crippen molar-refractivity contribution in [3.05, 3.63) is 93.3 Å². The zero-order valence-corrected chi connectivity index (χ0v) is 22.1. The smallest absolute Gasteiger partial charge is 0.355 e. The minimum atomic E-state index is -0.711. The summed E-state index contributed by atoms with van der Waals surface area (Å²) in [7, 11) is 0. The van der Waals surface area contributed by atoms with Gasteiger partial charge in [0.2, 0.25) is 0 Å². The van der Waals surface area contributed by atoms with Crippen LogP contribution in [0.3, 0.4) is 0 Å². The number of nitrogens with one attached hydrogen (secondary N) is 2. The van der Waals surface area contributed by atoms with Crippen LogP contribution in [0.5, 0.6) is 0 Å². The largest absolute Gasteiger partial charge is 0.462 e. The molecule has 1 heterocycles.